The van der Waals surface area contributed by atoms with Crippen LogP contribution >= 0.6 is 12.2 Å². The van der Waals surface area contributed by atoms with Crippen molar-refractivity contribution in [1.29, 1.82) is 0 Å². The standard InChI is InChI=1S/C14H19NO4S/c1-15(13(20)9-14(16)17)7-6-10-4-5-11(18-2)12(8-10)19-3/h4-5,8H,6-7,9H2,1-3H3,(H,16,17). The highest BCUT2D eigenvalue weighted by atomic mass is 32.1. The predicted molar refractivity (Wildman–Crippen MR) is 80.7 cm³/mol. The molecule has 0 fully saturated rings. The van der Waals surface area contributed by atoms with E-state index < -0.39 is 5.97 Å². The molecule has 0 bridgehead atoms. The molecule has 1 aromatic carbocycles. The zero-order chi connectivity index (χ0) is 15.1. The fourth-order valence-corrected chi connectivity index (χ4v) is 1.94. The van der Waals surface area contributed by atoms with E-state index in [2.05, 4.69) is 0 Å². The van der Waals surface area contributed by atoms with Crippen LogP contribution in [0.25, 0.3) is 0 Å². The number of hydrogen-bond donors (Lipinski definition) is 1. The lowest BCUT2D eigenvalue weighted by atomic mass is 10.1. The molecule has 0 aliphatic heterocycles. The number of rotatable bonds is 7. The molecule has 1 N–H and O–H groups in total. The summed E-state index contributed by atoms with van der Waals surface area (Å²) < 4.78 is 10.4. The number of carbonyl (C=O) groups is 1. The number of likely N-dealkylation sites (N-methyl/N-ethyl adjacent to an activating group) is 1. The van der Waals surface area contributed by atoms with E-state index in [4.69, 9.17) is 26.8 Å². The fourth-order valence-electron chi connectivity index (χ4n) is 1.72. The normalized spacial score (nSPS) is 9.95. The van der Waals surface area contributed by atoms with E-state index in [-0.39, 0.29) is 6.42 Å². The molecule has 0 atom stereocenters. The Morgan fingerprint density at radius 3 is 2.50 bits per heavy atom. The van der Waals surface area contributed by atoms with Gasteiger partial charge >= 0.3 is 5.97 Å². The maximum Gasteiger partial charge on any atom is 0.310 e. The molecule has 0 spiro atoms. The largest absolute Gasteiger partial charge is 0.493 e. The highest BCUT2D eigenvalue weighted by Crippen LogP contribution is 2.27. The van der Waals surface area contributed by atoms with E-state index in [0.717, 1.165) is 12.0 Å². The Bertz CT molecular complexity index is 490. The van der Waals surface area contributed by atoms with Gasteiger partial charge in [-0.25, -0.2) is 0 Å². The molecule has 1 aromatic rings. The van der Waals surface area contributed by atoms with Crippen molar-refractivity contribution < 1.29 is 19.4 Å². The number of thiocarbonyl (C=S) groups is 1. The Morgan fingerprint density at radius 1 is 1.30 bits per heavy atom. The Labute approximate surface area is 124 Å². The summed E-state index contributed by atoms with van der Waals surface area (Å²) in [6.07, 6.45) is 0.633. The van der Waals surface area contributed by atoms with Gasteiger partial charge in [0.15, 0.2) is 11.5 Å². The van der Waals surface area contributed by atoms with E-state index in [1.54, 1.807) is 26.2 Å². The fraction of sp³-hybridized carbons (Fsp3) is 0.429. The summed E-state index contributed by atoms with van der Waals surface area (Å²) in [5.74, 6) is 0.458. The SMILES string of the molecule is COc1ccc(CCN(C)C(=S)CC(=O)O)cc1OC. The van der Waals surface area contributed by atoms with Crippen molar-refractivity contribution in [2.75, 3.05) is 27.8 Å². The summed E-state index contributed by atoms with van der Waals surface area (Å²) in [7, 11) is 4.98. The number of nitrogens with zero attached hydrogens (tertiary/aromatic N) is 1. The van der Waals surface area contributed by atoms with Crippen molar-refractivity contribution >= 4 is 23.2 Å². The van der Waals surface area contributed by atoms with Gasteiger partial charge in [0.1, 0.15) is 0 Å². The Balaban J connectivity index is 2.61. The molecule has 0 amide bonds. The van der Waals surface area contributed by atoms with E-state index in [0.29, 0.717) is 23.0 Å². The molecule has 20 heavy (non-hydrogen) atoms. The summed E-state index contributed by atoms with van der Waals surface area (Å²) in [6.45, 7) is 0.654. The van der Waals surface area contributed by atoms with Crippen LogP contribution < -0.4 is 9.47 Å². The van der Waals surface area contributed by atoms with Gasteiger partial charge in [0, 0.05) is 13.6 Å². The third-order valence-electron chi connectivity index (χ3n) is 2.91. The number of carboxylic acids is 1. The van der Waals surface area contributed by atoms with Crippen LogP contribution in [0.5, 0.6) is 11.5 Å². The van der Waals surface area contributed by atoms with Gasteiger partial charge in [-0.15, -0.1) is 0 Å². The molecule has 1 rings (SSSR count). The van der Waals surface area contributed by atoms with Gasteiger partial charge in [0.05, 0.1) is 25.6 Å². The maximum absolute atomic E-state index is 10.6. The van der Waals surface area contributed by atoms with Crippen molar-refractivity contribution in [1.82, 2.24) is 4.90 Å². The average Bonchev–Trinajstić information content (AvgIpc) is 2.43. The lowest BCUT2D eigenvalue weighted by molar-refractivity contribution is -0.135. The molecule has 0 radical (unpaired) electrons. The van der Waals surface area contributed by atoms with Crippen LogP contribution in [0.1, 0.15) is 12.0 Å². The summed E-state index contributed by atoms with van der Waals surface area (Å²) in [6, 6.07) is 5.71. The topological polar surface area (TPSA) is 59.0 Å². The van der Waals surface area contributed by atoms with E-state index in [1.165, 1.54) is 0 Å². The second kappa shape index (κ2) is 7.69. The van der Waals surface area contributed by atoms with Crippen LogP contribution in [-0.4, -0.2) is 48.8 Å². The van der Waals surface area contributed by atoms with Gasteiger partial charge in [0.2, 0.25) is 0 Å². The number of aliphatic carboxylic acids is 1. The molecular formula is C14H19NO4S. The first-order valence-electron chi connectivity index (χ1n) is 6.14. The summed E-state index contributed by atoms with van der Waals surface area (Å²) >= 11 is 5.06. The summed E-state index contributed by atoms with van der Waals surface area (Å²) in [4.78, 5) is 12.8. The number of methoxy groups -OCH3 is 2. The lowest BCUT2D eigenvalue weighted by Crippen LogP contribution is -2.29. The van der Waals surface area contributed by atoms with E-state index in [1.807, 2.05) is 18.2 Å². The summed E-state index contributed by atoms with van der Waals surface area (Å²) in [5.41, 5.74) is 1.08. The van der Waals surface area contributed by atoms with E-state index >= 15 is 0 Å². The minimum atomic E-state index is -0.909. The van der Waals surface area contributed by atoms with Gasteiger partial charge in [-0.2, -0.15) is 0 Å². The highest BCUT2D eigenvalue weighted by molar-refractivity contribution is 7.80. The number of hydrogen-bond acceptors (Lipinski definition) is 4. The average molecular weight is 297 g/mol. The van der Waals surface area contributed by atoms with Crippen LogP contribution in [-0.2, 0) is 11.2 Å². The quantitative estimate of drug-likeness (QED) is 0.777. The van der Waals surface area contributed by atoms with Gasteiger partial charge < -0.3 is 19.5 Å². The molecule has 0 aromatic heterocycles. The third kappa shape index (κ3) is 4.70. The molecule has 0 aliphatic carbocycles. The minimum Gasteiger partial charge on any atom is -0.493 e. The van der Waals surface area contributed by atoms with Crippen LogP contribution in [0.3, 0.4) is 0 Å². The monoisotopic (exact) mass is 297 g/mol. The third-order valence-corrected chi connectivity index (χ3v) is 3.37. The lowest BCUT2D eigenvalue weighted by Gasteiger charge is -2.19. The number of benzene rings is 1. The Hall–Kier alpha value is -1.82. The predicted octanol–water partition coefficient (Wildman–Crippen LogP) is 1.98. The number of ether oxygens (including phenoxy) is 2. The van der Waals surface area contributed by atoms with E-state index in [9.17, 15) is 4.79 Å². The molecule has 0 saturated carbocycles. The van der Waals surface area contributed by atoms with Gasteiger partial charge in [0.25, 0.3) is 0 Å². The molecular weight excluding hydrogens is 278 g/mol. The molecule has 0 unspecified atom stereocenters. The molecule has 0 saturated heterocycles. The van der Waals surface area contributed by atoms with Crippen LogP contribution in [0.4, 0.5) is 0 Å². The van der Waals surface area contributed by atoms with Crippen molar-refractivity contribution in [3.63, 3.8) is 0 Å². The first-order valence-corrected chi connectivity index (χ1v) is 6.55. The number of carboxylic acid groups (broad SMARTS) is 1. The second-order valence-corrected chi connectivity index (χ2v) is 4.80. The van der Waals surface area contributed by atoms with Crippen LogP contribution in [0, 0.1) is 0 Å². The zero-order valence-electron chi connectivity index (χ0n) is 11.9. The van der Waals surface area contributed by atoms with Crippen molar-refractivity contribution in [3.05, 3.63) is 23.8 Å². The first-order chi connectivity index (χ1) is 9.47. The molecule has 0 heterocycles. The molecule has 5 nitrogen and oxygen atoms in total. The first kappa shape index (κ1) is 16.2. The maximum atomic E-state index is 10.6. The van der Waals surface area contributed by atoms with Gasteiger partial charge in [-0.05, 0) is 24.1 Å². The molecule has 0 aliphatic rings. The summed E-state index contributed by atoms with van der Waals surface area (Å²) in [5, 5.41) is 8.70. The van der Waals surface area contributed by atoms with Crippen LogP contribution in [0.15, 0.2) is 18.2 Å². The van der Waals surface area contributed by atoms with Crippen molar-refractivity contribution in [3.8, 4) is 11.5 Å². The molecule has 6 heteroatoms. The second-order valence-electron chi connectivity index (χ2n) is 4.33. The Morgan fingerprint density at radius 2 is 1.95 bits per heavy atom. The van der Waals surface area contributed by atoms with Gasteiger partial charge in [-0.3, -0.25) is 4.79 Å². The smallest absolute Gasteiger partial charge is 0.310 e. The van der Waals surface area contributed by atoms with Crippen molar-refractivity contribution in [2.45, 2.75) is 12.8 Å². The van der Waals surface area contributed by atoms with Gasteiger partial charge in [-0.1, -0.05) is 18.3 Å². The van der Waals surface area contributed by atoms with Crippen LogP contribution in [0.2, 0.25) is 0 Å². The zero-order valence-corrected chi connectivity index (χ0v) is 12.7. The molecule has 110 valence electrons. The van der Waals surface area contributed by atoms with Crippen molar-refractivity contribution in [2.24, 2.45) is 0 Å². The minimum absolute atomic E-state index is 0.113. The highest BCUT2D eigenvalue weighted by Gasteiger charge is 2.10. The Kier molecular flexibility index (Phi) is 6.24.